The summed E-state index contributed by atoms with van der Waals surface area (Å²) >= 11 is 0. The van der Waals surface area contributed by atoms with Gasteiger partial charge < -0.3 is 10.8 Å². The van der Waals surface area contributed by atoms with Gasteiger partial charge in [-0.2, -0.15) is 13.2 Å². The van der Waals surface area contributed by atoms with Gasteiger partial charge in [-0.25, -0.2) is 0 Å². The molecule has 0 spiro atoms. The molecule has 0 aliphatic heterocycles. The van der Waals surface area contributed by atoms with Gasteiger partial charge in [0.15, 0.2) is 0 Å². The molecule has 2 nitrogen and oxygen atoms in total. The van der Waals surface area contributed by atoms with E-state index in [2.05, 4.69) is 0 Å². The summed E-state index contributed by atoms with van der Waals surface area (Å²) < 4.78 is 37.1. The fraction of sp³-hybridized carbons (Fsp3) is 0.500. The number of benzene rings is 1. The average Bonchev–Trinajstić information content (AvgIpc) is 2.94. The van der Waals surface area contributed by atoms with Gasteiger partial charge in [0.05, 0.1) is 5.56 Å². The Hall–Kier alpha value is -1.23. The second kappa shape index (κ2) is 3.91. The Balaban J connectivity index is 2.09. The van der Waals surface area contributed by atoms with Gasteiger partial charge in [-0.05, 0) is 43.4 Å². The number of phenols is 1. The maximum Gasteiger partial charge on any atom is 0.416 e. The highest BCUT2D eigenvalue weighted by Crippen LogP contribution is 2.38. The average molecular weight is 245 g/mol. The smallest absolute Gasteiger partial charge is 0.416 e. The first kappa shape index (κ1) is 12.2. The minimum absolute atomic E-state index is 0.158. The summed E-state index contributed by atoms with van der Waals surface area (Å²) in [5.41, 5.74) is 5.42. The van der Waals surface area contributed by atoms with E-state index in [9.17, 15) is 18.3 Å². The summed E-state index contributed by atoms with van der Waals surface area (Å²) in [5.74, 6) is -0.302. The number of halogens is 3. The zero-order chi connectivity index (χ0) is 12.7. The summed E-state index contributed by atoms with van der Waals surface area (Å²) in [6.07, 6.45) is -1.29. The van der Waals surface area contributed by atoms with E-state index in [0.717, 1.165) is 25.0 Å². The van der Waals surface area contributed by atoms with Crippen LogP contribution >= 0.6 is 0 Å². The van der Waals surface area contributed by atoms with Crippen molar-refractivity contribution in [2.45, 2.75) is 37.4 Å². The van der Waals surface area contributed by atoms with Gasteiger partial charge in [-0.3, -0.25) is 0 Å². The van der Waals surface area contributed by atoms with Crippen molar-refractivity contribution in [3.8, 4) is 5.75 Å². The van der Waals surface area contributed by atoms with Crippen molar-refractivity contribution in [3.63, 3.8) is 0 Å². The minimum Gasteiger partial charge on any atom is -0.508 e. The van der Waals surface area contributed by atoms with E-state index in [4.69, 9.17) is 5.73 Å². The number of rotatable bonds is 3. The molecule has 0 saturated heterocycles. The third kappa shape index (κ3) is 2.91. The molecule has 3 N–H and O–H groups in total. The number of hydrogen-bond acceptors (Lipinski definition) is 2. The van der Waals surface area contributed by atoms with Crippen LogP contribution in [0.5, 0.6) is 5.75 Å². The quantitative estimate of drug-likeness (QED) is 0.860. The molecule has 5 heteroatoms. The standard InChI is InChI=1S/C12H14F3NO/c13-12(14,15)9-2-1-8(10(17)7-9)3-4-11(16)5-6-11/h1-2,7,17H,3-6,16H2. The third-order valence-corrected chi connectivity index (χ3v) is 3.20. The Morgan fingerprint density at radius 2 is 1.94 bits per heavy atom. The van der Waals surface area contributed by atoms with Gasteiger partial charge in [0, 0.05) is 5.54 Å². The topological polar surface area (TPSA) is 46.2 Å². The van der Waals surface area contributed by atoms with E-state index in [1.54, 1.807) is 0 Å². The lowest BCUT2D eigenvalue weighted by Gasteiger charge is -2.12. The van der Waals surface area contributed by atoms with Crippen LogP contribution in [-0.2, 0) is 12.6 Å². The van der Waals surface area contributed by atoms with Crippen LogP contribution in [0.2, 0.25) is 0 Å². The maximum atomic E-state index is 12.4. The summed E-state index contributed by atoms with van der Waals surface area (Å²) in [4.78, 5) is 0. The molecular formula is C12H14F3NO. The Morgan fingerprint density at radius 1 is 1.29 bits per heavy atom. The molecule has 2 rings (SSSR count). The van der Waals surface area contributed by atoms with Crippen LogP contribution in [0.15, 0.2) is 18.2 Å². The van der Waals surface area contributed by atoms with Crippen molar-refractivity contribution in [1.82, 2.24) is 0 Å². The third-order valence-electron chi connectivity index (χ3n) is 3.20. The van der Waals surface area contributed by atoms with Gasteiger partial charge in [0.1, 0.15) is 5.75 Å². The Bertz CT molecular complexity index is 424. The predicted molar refractivity (Wildman–Crippen MR) is 57.6 cm³/mol. The van der Waals surface area contributed by atoms with E-state index >= 15 is 0 Å². The molecule has 0 atom stereocenters. The molecule has 0 amide bonds. The number of phenolic OH excluding ortho intramolecular Hbond substituents is 1. The van der Waals surface area contributed by atoms with Crippen LogP contribution in [0.4, 0.5) is 13.2 Å². The molecule has 1 aliphatic carbocycles. The zero-order valence-electron chi connectivity index (χ0n) is 9.22. The van der Waals surface area contributed by atoms with Gasteiger partial charge in [0.2, 0.25) is 0 Å². The van der Waals surface area contributed by atoms with Crippen molar-refractivity contribution in [3.05, 3.63) is 29.3 Å². The van der Waals surface area contributed by atoms with Crippen molar-refractivity contribution >= 4 is 0 Å². The molecule has 1 fully saturated rings. The van der Waals surface area contributed by atoms with Gasteiger partial charge in [-0.1, -0.05) is 6.07 Å². The lowest BCUT2D eigenvalue weighted by atomic mass is 10.0. The molecule has 94 valence electrons. The predicted octanol–water partition coefficient (Wildman–Crippen LogP) is 2.83. The monoisotopic (exact) mass is 245 g/mol. The van der Waals surface area contributed by atoms with Crippen molar-refractivity contribution in [2.24, 2.45) is 5.73 Å². The van der Waals surface area contributed by atoms with E-state index in [1.165, 1.54) is 6.07 Å². The van der Waals surface area contributed by atoms with Gasteiger partial charge in [-0.15, -0.1) is 0 Å². The fourth-order valence-electron chi connectivity index (χ4n) is 1.75. The SMILES string of the molecule is NC1(CCc2ccc(C(F)(F)F)cc2O)CC1. The van der Waals surface area contributed by atoms with E-state index in [-0.39, 0.29) is 11.3 Å². The van der Waals surface area contributed by atoms with Crippen LogP contribution in [0.25, 0.3) is 0 Å². The molecule has 0 bridgehead atoms. The number of hydrogen-bond donors (Lipinski definition) is 2. The number of aryl methyl sites for hydroxylation is 1. The second-order valence-corrected chi connectivity index (χ2v) is 4.70. The normalized spacial score (nSPS) is 18.1. The van der Waals surface area contributed by atoms with Gasteiger partial charge >= 0.3 is 6.18 Å². The highest BCUT2D eigenvalue weighted by Gasteiger charge is 2.37. The van der Waals surface area contributed by atoms with Crippen LogP contribution in [0.1, 0.15) is 30.4 Å². The molecule has 17 heavy (non-hydrogen) atoms. The Morgan fingerprint density at radius 3 is 2.41 bits per heavy atom. The van der Waals surface area contributed by atoms with Crippen LogP contribution in [-0.4, -0.2) is 10.6 Å². The van der Waals surface area contributed by atoms with Crippen LogP contribution in [0, 0.1) is 0 Å². The minimum atomic E-state index is -4.42. The first-order valence-electron chi connectivity index (χ1n) is 5.48. The van der Waals surface area contributed by atoms with Crippen LogP contribution < -0.4 is 5.73 Å². The fourth-order valence-corrected chi connectivity index (χ4v) is 1.75. The second-order valence-electron chi connectivity index (χ2n) is 4.70. The first-order chi connectivity index (χ1) is 7.80. The highest BCUT2D eigenvalue weighted by molar-refractivity contribution is 5.37. The number of nitrogens with two attached hydrogens (primary N) is 1. The molecule has 1 aromatic carbocycles. The lowest BCUT2D eigenvalue weighted by Crippen LogP contribution is -2.22. The zero-order valence-corrected chi connectivity index (χ0v) is 9.22. The lowest BCUT2D eigenvalue weighted by molar-refractivity contribution is -0.137. The summed E-state index contributed by atoms with van der Waals surface area (Å²) in [6, 6.07) is 3.08. The Kier molecular flexibility index (Phi) is 2.81. The molecule has 0 aromatic heterocycles. The number of aromatic hydroxyl groups is 1. The van der Waals surface area contributed by atoms with Crippen LogP contribution in [0.3, 0.4) is 0 Å². The molecule has 1 aliphatic rings. The first-order valence-corrected chi connectivity index (χ1v) is 5.48. The maximum absolute atomic E-state index is 12.4. The number of alkyl halides is 3. The van der Waals surface area contributed by atoms with E-state index in [1.807, 2.05) is 0 Å². The molecular weight excluding hydrogens is 231 g/mol. The molecule has 0 heterocycles. The highest BCUT2D eigenvalue weighted by atomic mass is 19.4. The Labute approximate surface area is 97.2 Å². The molecule has 1 aromatic rings. The molecule has 0 unspecified atom stereocenters. The molecule has 1 saturated carbocycles. The van der Waals surface area contributed by atoms with Crippen molar-refractivity contribution < 1.29 is 18.3 Å². The molecule has 0 radical (unpaired) electrons. The van der Waals surface area contributed by atoms with Gasteiger partial charge in [0.25, 0.3) is 0 Å². The summed E-state index contributed by atoms with van der Waals surface area (Å²) in [5, 5.41) is 9.53. The van der Waals surface area contributed by atoms with Crippen molar-refractivity contribution in [2.75, 3.05) is 0 Å². The van der Waals surface area contributed by atoms with E-state index in [0.29, 0.717) is 18.4 Å². The summed E-state index contributed by atoms with van der Waals surface area (Å²) in [7, 11) is 0. The van der Waals surface area contributed by atoms with E-state index < -0.39 is 11.7 Å². The summed E-state index contributed by atoms with van der Waals surface area (Å²) in [6.45, 7) is 0. The largest absolute Gasteiger partial charge is 0.508 e. The van der Waals surface area contributed by atoms with Crippen molar-refractivity contribution in [1.29, 1.82) is 0 Å².